The van der Waals surface area contributed by atoms with Gasteiger partial charge in [0, 0.05) is 83.1 Å². The molecule has 0 bridgehead atoms. The first-order valence-electron chi connectivity index (χ1n) is 17.1. The average molecular weight is 705 g/mol. The largest absolute Gasteiger partial charge is 0.436 e. The summed E-state index contributed by atoms with van der Waals surface area (Å²) in [6, 6.07) is 11.2. The lowest BCUT2D eigenvalue weighted by Crippen LogP contribution is -2.54. The third-order valence-corrected chi connectivity index (χ3v) is 10.7. The minimum Gasteiger partial charge on any atom is -0.436 e. The lowest BCUT2D eigenvalue weighted by atomic mass is 10.00. The van der Waals surface area contributed by atoms with Crippen molar-refractivity contribution in [2.75, 3.05) is 71.3 Å². The van der Waals surface area contributed by atoms with Gasteiger partial charge in [-0.05, 0) is 68.5 Å². The number of carbonyl (C=O) groups excluding carboxylic acids is 3. The van der Waals surface area contributed by atoms with Gasteiger partial charge in [-0.15, -0.1) is 0 Å². The van der Waals surface area contributed by atoms with Gasteiger partial charge in [-0.1, -0.05) is 35.9 Å². The van der Waals surface area contributed by atoms with Crippen molar-refractivity contribution in [3.05, 3.63) is 64.2 Å². The number of piperidine rings is 2. The summed E-state index contributed by atoms with van der Waals surface area (Å²) >= 11 is 6.01. The number of anilines is 1. The summed E-state index contributed by atoms with van der Waals surface area (Å²) in [5.41, 5.74) is 1.29. The minimum atomic E-state index is -4.62. The van der Waals surface area contributed by atoms with E-state index in [1.165, 1.54) is 12.1 Å². The normalized spacial score (nSPS) is 21.2. The first kappa shape index (κ1) is 35.3. The van der Waals surface area contributed by atoms with Gasteiger partial charge >= 0.3 is 18.3 Å². The Hall–Kier alpha value is -3.55. The minimum absolute atomic E-state index is 0.0633. The Balaban J connectivity index is 1.09. The van der Waals surface area contributed by atoms with Crippen LogP contribution in [-0.4, -0.2) is 127 Å². The number of carbonyl (C=O) groups is 3. The molecular formula is C35H44ClF3N6O4. The van der Waals surface area contributed by atoms with E-state index in [0.29, 0.717) is 57.2 Å². The van der Waals surface area contributed by atoms with Crippen LogP contribution in [0, 0.1) is 0 Å². The van der Waals surface area contributed by atoms with E-state index in [2.05, 4.69) is 22.2 Å². The average Bonchev–Trinajstić information content (AvgIpc) is 3.25. The van der Waals surface area contributed by atoms with E-state index in [1.54, 1.807) is 9.80 Å². The van der Waals surface area contributed by atoms with E-state index in [9.17, 15) is 27.6 Å². The van der Waals surface area contributed by atoms with Gasteiger partial charge in [0.15, 0.2) is 6.10 Å². The molecule has 4 amide bonds. The molecule has 4 aliphatic rings. The van der Waals surface area contributed by atoms with Gasteiger partial charge in [0.25, 0.3) is 5.91 Å². The predicted octanol–water partition coefficient (Wildman–Crippen LogP) is 5.20. The Morgan fingerprint density at radius 3 is 2.22 bits per heavy atom. The fourth-order valence-corrected chi connectivity index (χ4v) is 7.76. The van der Waals surface area contributed by atoms with Crippen molar-refractivity contribution in [3.63, 3.8) is 0 Å². The summed E-state index contributed by atoms with van der Waals surface area (Å²) < 4.78 is 46.0. The molecule has 3 saturated heterocycles. The zero-order valence-electron chi connectivity index (χ0n) is 27.8. The van der Waals surface area contributed by atoms with Crippen molar-refractivity contribution < 1.29 is 32.3 Å². The maximum Gasteiger partial charge on any atom is 0.417 e. The molecule has 2 aromatic carbocycles. The standard InChI is InChI=1S/C35H44ClF3N6O4/c1-41-18-20-42(21-19-41)26-9-13-43(14-10-26)32(46)31(23-24-6-7-28(29(36)22-24)35(37,38)39)49-34(48)44-15-11-27(12-16-44)45-17-8-25-4-2-3-5-30(25)40-33(45)47/h2-7,22,26-27,31H,8-21,23H2,1H3,(H,40,47)/t31-/m1/s1. The number of amides is 4. The molecule has 4 aliphatic heterocycles. The number of para-hydroxylation sites is 1. The molecule has 3 fully saturated rings. The maximum absolute atomic E-state index is 13.9. The molecule has 0 saturated carbocycles. The van der Waals surface area contributed by atoms with Crippen molar-refractivity contribution in [2.24, 2.45) is 0 Å². The maximum atomic E-state index is 13.9. The van der Waals surface area contributed by atoms with Crippen molar-refractivity contribution >= 4 is 35.3 Å². The fraction of sp³-hybridized carbons (Fsp3) is 0.571. The second kappa shape index (κ2) is 15.1. The predicted molar refractivity (Wildman–Crippen MR) is 180 cm³/mol. The lowest BCUT2D eigenvalue weighted by Gasteiger charge is -2.42. The van der Waals surface area contributed by atoms with E-state index in [4.69, 9.17) is 16.3 Å². The summed E-state index contributed by atoms with van der Waals surface area (Å²) in [6.07, 6.45) is -3.20. The van der Waals surface area contributed by atoms with Crippen LogP contribution in [0.2, 0.25) is 5.02 Å². The summed E-state index contributed by atoms with van der Waals surface area (Å²) in [6.45, 7) is 6.22. The van der Waals surface area contributed by atoms with Crippen LogP contribution in [0.4, 0.5) is 28.4 Å². The number of nitrogens with one attached hydrogen (secondary N) is 1. The zero-order valence-corrected chi connectivity index (χ0v) is 28.5. The van der Waals surface area contributed by atoms with Crippen LogP contribution >= 0.6 is 11.6 Å². The molecule has 0 unspecified atom stereocenters. The Kier molecular flexibility index (Phi) is 10.9. The van der Waals surface area contributed by atoms with E-state index in [-0.39, 0.29) is 24.4 Å². The number of urea groups is 1. The van der Waals surface area contributed by atoms with Crippen LogP contribution < -0.4 is 5.32 Å². The topological polar surface area (TPSA) is 88.7 Å². The highest BCUT2D eigenvalue weighted by atomic mass is 35.5. The number of alkyl halides is 3. The van der Waals surface area contributed by atoms with Crippen LogP contribution in [-0.2, 0) is 28.5 Å². The van der Waals surface area contributed by atoms with E-state index >= 15 is 0 Å². The van der Waals surface area contributed by atoms with Crippen LogP contribution in [0.25, 0.3) is 0 Å². The van der Waals surface area contributed by atoms with Crippen molar-refractivity contribution in [2.45, 2.75) is 62.9 Å². The summed E-state index contributed by atoms with van der Waals surface area (Å²) in [5.74, 6) is -0.364. The second-order valence-electron chi connectivity index (χ2n) is 13.5. The SMILES string of the molecule is CN1CCN(C2CCN(C(=O)[C@@H](Cc3ccc(C(F)(F)F)c(Cl)c3)OC(=O)N3CCC(N4CCc5ccccc5NC4=O)CC3)CC2)CC1. The third-order valence-electron chi connectivity index (χ3n) is 10.4. The van der Waals surface area contributed by atoms with Crippen LogP contribution in [0.15, 0.2) is 42.5 Å². The smallest absolute Gasteiger partial charge is 0.417 e. The monoisotopic (exact) mass is 704 g/mol. The molecule has 49 heavy (non-hydrogen) atoms. The molecule has 14 heteroatoms. The molecule has 2 aromatic rings. The molecule has 266 valence electrons. The quantitative estimate of drug-likeness (QED) is 0.445. The molecule has 1 atom stereocenters. The van der Waals surface area contributed by atoms with Gasteiger partial charge in [-0.3, -0.25) is 9.69 Å². The summed E-state index contributed by atoms with van der Waals surface area (Å²) in [4.78, 5) is 50.4. The number of likely N-dealkylation sites (N-methyl/N-ethyl adjacent to an activating group) is 1. The van der Waals surface area contributed by atoms with E-state index < -0.39 is 29.0 Å². The van der Waals surface area contributed by atoms with Crippen molar-refractivity contribution in [1.29, 1.82) is 0 Å². The van der Waals surface area contributed by atoms with E-state index in [0.717, 1.165) is 62.8 Å². The molecule has 4 heterocycles. The van der Waals surface area contributed by atoms with Crippen molar-refractivity contribution in [3.8, 4) is 0 Å². The number of ether oxygens (including phenoxy) is 1. The molecular weight excluding hydrogens is 661 g/mol. The Morgan fingerprint density at radius 2 is 1.55 bits per heavy atom. The summed E-state index contributed by atoms with van der Waals surface area (Å²) in [7, 11) is 2.11. The van der Waals surface area contributed by atoms with Crippen LogP contribution in [0.5, 0.6) is 0 Å². The molecule has 0 aromatic heterocycles. The number of hydrogen-bond acceptors (Lipinski definition) is 6. The lowest BCUT2D eigenvalue weighted by molar-refractivity contribution is -0.142. The number of halogens is 4. The molecule has 6 rings (SSSR count). The number of likely N-dealkylation sites (tertiary alicyclic amines) is 2. The Labute approximate surface area is 290 Å². The van der Waals surface area contributed by atoms with Gasteiger partial charge in [-0.2, -0.15) is 13.2 Å². The first-order valence-corrected chi connectivity index (χ1v) is 17.5. The number of rotatable bonds is 6. The highest BCUT2D eigenvalue weighted by molar-refractivity contribution is 6.31. The third kappa shape index (κ3) is 8.43. The van der Waals surface area contributed by atoms with Gasteiger partial charge < -0.3 is 29.7 Å². The van der Waals surface area contributed by atoms with Gasteiger partial charge in [0.05, 0.1) is 10.6 Å². The van der Waals surface area contributed by atoms with Crippen LogP contribution in [0.3, 0.4) is 0 Å². The molecule has 10 nitrogen and oxygen atoms in total. The number of piperazine rings is 1. The van der Waals surface area contributed by atoms with Gasteiger partial charge in [0.1, 0.15) is 0 Å². The van der Waals surface area contributed by atoms with E-state index in [1.807, 2.05) is 29.2 Å². The van der Waals surface area contributed by atoms with Crippen molar-refractivity contribution in [1.82, 2.24) is 24.5 Å². The molecule has 0 spiro atoms. The van der Waals surface area contributed by atoms with Gasteiger partial charge in [-0.25, -0.2) is 9.59 Å². The highest BCUT2D eigenvalue weighted by Crippen LogP contribution is 2.35. The highest BCUT2D eigenvalue weighted by Gasteiger charge is 2.37. The number of nitrogens with zero attached hydrogens (tertiary/aromatic N) is 5. The van der Waals surface area contributed by atoms with Crippen LogP contribution in [0.1, 0.15) is 42.4 Å². The van der Waals surface area contributed by atoms with Gasteiger partial charge in [0.2, 0.25) is 0 Å². The second-order valence-corrected chi connectivity index (χ2v) is 13.9. The molecule has 0 radical (unpaired) electrons. The Bertz CT molecular complexity index is 1500. The molecule has 0 aliphatic carbocycles. The molecule has 1 N–H and O–H groups in total. The number of hydrogen-bond donors (Lipinski definition) is 1. The Morgan fingerprint density at radius 1 is 0.898 bits per heavy atom. The number of benzene rings is 2. The summed E-state index contributed by atoms with van der Waals surface area (Å²) in [5, 5.41) is 2.52. The first-order chi connectivity index (χ1) is 23.5. The zero-order chi connectivity index (χ0) is 34.7. The number of fused-ring (bicyclic) bond motifs is 1. The fourth-order valence-electron chi connectivity index (χ4n) is 7.45.